The van der Waals surface area contributed by atoms with Crippen LogP contribution in [0.15, 0.2) is 6.07 Å². The van der Waals surface area contributed by atoms with E-state index in [2.05, 4.69) is 5.32 Å². The van der Waals surface area contributed by atoms with Crippen LogP contribution in [-0.2, 0) is 0 Å². The van der Waals surface area contributed by atoms with Crippen molar-refractivity contribution in [3.05, 3.63) is 21.4 Å². The average Bonchev–Trinajstić information content (AvgIpc) is 2.47. The lowest BCUT2D eigenvalue weighted by Gasteiger charge is -2.10. The molecule has 1 rings (SSSR count). The van der Waals surface area contributed by atoms with Crippen molar-refractivity contribution in [2.24, 2.45) is 0 Å². The SMILES string of the molecule is Cc1cc(C(=O)NC(C)CCO)sc1C. The first-order valence-corrected chi connectivity index (χ1v) is 5.85. The van der Waals surface area contributed by atoms with E-state index in [4.69, 9.17) is 5.11 Å². The van der Waals surface area contributed by atoms with Crippen LogP contribution in [0.5, 0.6) is 0 Å². The monoisotopic (exact) mass is 227 g/mol. The zero-order valence-corrected chi connectivity index (χ0v) is 10.1. The molecular formula is C11H17NO2S. The fourth-order valence-electron chi connectivity index (χ4n) is 1.25. The summed E-state index contributed by atoms with van der Waals surface area (Å²) in [4.78, 5) is 13.6. The molecule has 0 aliphatic heterocycles. The molecule has 15 heavy (non-hydrogen) atoms. The zero-order valence-electron chi connectivity index (χ0n) is 9.33. The fourth-order valence-corrected chi connectivity index (χ4v) is 2.18. The Morgan fingerprint density at radius 3 is 2.73 bits per heavy atom. The minimum atomic E-state index is -0.0443. The van der Waals surface area contributed by atoms with Gasteiger partial charge < -0.3 is 10.4 Å². The summed E-state index contributed by atoms with van der Waals surface area (Å²) in [6, 6.07) is 1.92. The minimum Gasteiger partial charge on any atom is -0.396 e. The Morgan fingerprint density at radius 2 is 2.27 bits per heavy atom. The number of hydrogen-bond acceptors (Lipinski definition) is 3. The lowest BCUT2D eigenvalue weighted by atomic mass is 10.2. The lowest BCUT2D eigenvalue weighted by Crippen LogP contribution is -2.32. The number of hydrogen-bond donors (Lipinski definition) is 2. The van der Waals surface area contributed by atoms with E-state index in [9.17, 15) is 4.79 Å². The first-order valence-electron chi connectivity index (χ1n) is 5.03. The Morgan fingerprint density at radius 1 is 1.60 bits per heavy atom. The largest absolute Gasteiger partial charge is 0.396 e. The first kappa shape index (κ1) is 12.2. The van der Waals surface area contributed by atoms with Crippen LogP contribution in [0.3, 0.4) is 0 Å². The number of amides is 1. The molecule has 0 radical (unpaired) electrons. The molecule has 1 amide bonds. The smallest absolute Gasteiger partial charge is 0.261 e. The van der Waals surface area contributed by atoms with Crippen molar-refractivity contribution in [1.82, 2.24) is 5.32 Å². The first-order chi connectivity index (χ1) is 7.04. The van der Waals surface area contributed by atoms with Gasteiger partial charge in [0.25, 0.3) is 5.91 Å². The molecule has 84 valence electrons. The maximum absolute atomic E-state index is 11.7. The van der Waals surface area contributed by atoms with Gasteiger partial charge in [0, 0.05) is 17.5 Å². The van der Waals surface area contributed by atoms with Gasteiger partial charge >= 0.3 is 0 Å². The molecule has 0 spiro atoms. The van der Waals surface area contributed by atoms with Crippen LogP contribution in [0.4, 0.5) is 0 Å². The molecule has 3 nitrogen and oxygen atoms in total. The fraction of sp³-hybridized carbons (Fsp3) is 0.545. The highest BCUT2D eigenvalue weighted by Crippen LogP contribution is 2.20. The van der Waals surface area contributed by atoms with Crippen LogP contribution in [0.2, 0.25) is 0 Å². The van der Waals surface area contributed by atoms with Gasteiger partial charge in [0.05, 0.1) is 4.88 Å². The van der Waals surface area contributed by atoms with Crippen LogP contribution >= 0.6 is 11.3 Å². The Balaban J connectivity index is 2.61. The van der Waals surface area contributed by atoms with Gasteiger partial charge in [-0.25, -0.2) is 0 Å². The average molecular weight is 227 g/mol. The van der Waals surface area contributed by atoms with E-state index in [0.717, 1.165) is 10.4 Å². The van der Waals surface area contributed by atoms with Crippen LogP contribution in [-0.4, -0.2) is 23.7 Å². The Kier molecular flexibility index (Phi) is 4.29. The van der Waals surface area contributed by atoms with Gasteiger partial charge in [0.1, 0.15) is 0 Å². The van der Waals surface area contributed by atoms with E-state index in [1.807, 2.05) is 26.8 Å². The molecular weight excluding hydrogens is 210 g/mol. The third kappa shape index (κ3) is 3.32. The normalized spacial score (nSPS) is 12.5. The van der Waals surface area contributed by atoms with Crippen molar-refractivity contribution in [3.63, 3.8) is 0 Å². The van der Waals surface area contributed by atoms with E-state index in [1.165, 1.54) is 16.2 Å². The molecule has 1 aromatic heterocycles. The second-order valence-corrected chi connectivity index (χ2v) is 4.99. The van der Waals surface area contributed by atoms with E-state index >= 15 is 0 Å². The highest BCUT2D eigenvalue weighted by atomic mass is 32.1. The maximum atomic E-state index is 11.7. The highest BCUT2D eigenvalue weighted by Gasteiger charge is 2.12. The predicted molar refractivity (Wildman–Crippen MR) is 62.4 cm³/mol. The zero-order chi connectivity index (χ0) is 11.4. The third-order valence-electron chi connectivity index (χ3n) is 2.33. The summed E-state index contributed by atoms with van der Waals surface area (Å²) in [5, 5.41) is 11.6. The van der Waals surface area contributed by atoms with E-state index in [-0.39, 0.29) is 18.6 Å². The van der Waals surface area contributed by atoms with Gasteiger partial charge in [-0.3, -0.25) is 4.79 Å². The summed E-state index contributed by atoms with van der Waals surface area (Å²) in [5.74, 6) is -0.0443. The number of aliphatic hydroxyl groups excluding tert-OH is 1. The predicted octanol–water partition coefficient (Wildman–Crippen LogP) is 1.87. The molecule has 0 saturated heterocycles. The van der Waals surface area contributed by atoms with Gasteiger partial charge in [-0.05, 0) is 38.8 Å². The topological polar surface area (TPSA) is 49.3 Å². The van der Waals surface area contributed by atoms with Crippen LogP contribution < -0.4 is 5.32 Å². The summed E-state index contributed by atoms with van der Waals surface area (Å²) in [5.41, 5.74) is 1.15. The van der Waals surface area contributed by atoms with Crippen LogP contribution in [0, 0.1) is 13.8 Å². The van der Waals surface area contributed by atoms with Gasteiger partial charge in [-0.2, -0.15) is 0 Å². The molecule has 1 atom stereocenters. The van der Waals surface area contributed by atoms with Gasteiger partial charge in [-0.15, -0.1) is 11.3 Å². The number of carbonyl (C=O) groups excluding carboxylic acids is 1. The number of aryl methyl sites for hydroxylation is 2. The number of rotatable bonds is 4. The Hall–Kier alpha value is -0.870. The lowest BCUT2D eigenvalue weighted by molar-refractivity contribution is 0.0938. The molecule has 0 saturated carbocycles. The van der Waals surface area contributed by atoms with Crippen molar-refractivity contribution in [3.8, 4) is 0 Å². The van der Waals surface area contributed by atoms with Crippen molar-refractivity contribution in [2.45, 2.75) is 33.2 Å². The summed E-state index contributed by atoms with van der Waals surface area (Å²) in [6.45, 7) is 6.00. The van der Waals surface area contributed by atoms with Crippen molar-refractivity contribution >= 4 is 17.2 Å². The summed E-state index contributed by atoms with van der Waals surface area (Å²) in [6.07, 6.45) is 0.592. The van der Waals surface area contributed by atoms with Crippen molar-refractivity contribution in [1.29, 1.82) is 0 Å². The van der Waals surface area contributed by atoms with E-state index in [0.29, 0.717) is 6.42 Å². The minimum absolute atomic E-state index is 0.0187. The summed E-state index contributed by atoms with van der Waals surface area (Å²) < 4.78 is 0. The second kappa shape index (κ2) is 5.28. The molecule has 0 aromatic carbocycles. The highest BCUT2D eigenvalue weighted by molar-refractivity contribution is 7.14. The summed E-state index contributed by atoms with van der Waals surface area (Å²) >= 11 is 1.51. The molecule has 0 fully saturated rings. The molecule has 2 N–H and O–H groups in total. The standard InChI is InChI=1S/C11H17NO2S/c1-7-6-10(15-9(7)3)11(14)12-8(2)4-5-13/h6,8,13H,4-5H2,1-3H3,(H,12,14). The number of nitrogens with one attached hydrogen (secondary N) is 1. The molecule has 4 heteroatoms. The Labute approximate surface area is 94.1 Å². The van der Waals surface area contributed by atoms with Gasteiger partial charge in [0.2, 0.25) is 0 Å². The van der Waals surface area contributed by atoms with Crippen LogP contribution in [0.25, 0.3) is 0 Å². The molecule has 0 aliphatic carbocycles. The number of aliphatic hydroxyl groups is 1. The van der Waals surface area contributed by atoms with E-state index in [1.54, 1.807) is 0 Å². The summed E-state index contributed by atoms with van der Waals surface area (Å²) in [7, 11) is 0. The van der Waals surface area contributed by atoms with E-state index < -0.39 is 0 Å². The number of carbonyl (C=O) groups is 1. The van der Waals surface area contributed by atoms with Gasteiger partial charge in [0.15, 0.2) is 0 Å². The van der Waals surface area contributed by atoms with Gasteiger partial charge in [-0.1, -0.05) is 0 Å². The van der Waals surface area contributed by atoms with Crippen molar-refractivity contribution < 1.29 is 9.90 Å². The van der Waals surface area contributed by atoms with Crippen LogP contribution in [0.1, 0.15) is 33.5 Å². The third-order valence-corrected chi connectivity index (χ3v) is 3.48. The maximum Gasteiger partial charge on any atom is 0.261 e. The Bertz CT molecular complexity index is 327. The van der Waals surface area contributed by atoms with Crippen molar-refractivity contribution in [2.75, 3.05) is 6.61 Å². The molecule has 1 aromatic rings. The quantitative estimate of drug-likeness (QED) is 0.825. The second-order valence-electron chi connectivity index (χ2n) is 3.74. The number of thiophene rings is 1. The molecule has 1 unspecified atom stereocenters. The molecule has 0 aliphatic rings. The molecule has 0 bridgehead atoms. The molecule has 1 heterocycles.